The zero-order valence-electron chi connectivity index (χ0n) is 10.5. The average molecular weight is 266 g/mol. The van der Waals surface area contributed by atoms with Gasteiger partial charge in [-0.15, -0.1) is 11.3 Å². The van der Waals surface area contributed by atoms with Gasteiger partial charge in [0.2, 0.25) is 0 Å². The second kappa shape index (κ2) is 6.87. The fraction of sp³-hybridized carbons (Fsp3) is 0.500. The van der Waals surface area contributed by atoms with Crippen LogP contribution in [0.2, 0.25) is 0 Å². The van der Waals surface area contributed by atoms with Gasteiger partial charge in [0.05, 0.1) is 11.3 Å². The fourth-order valence-electron chi connectivity index (χ4n) is 1.65. The Bertz CT molecular complexity index is 461. The Morgan fingerprint density at radius 2 is 2.17 bits per heavy atom. The number of nitrogens with one attached hydrogen (secondary N) is 1. The highest BCUT2D eigenvalue weighted by molar-refractivity contribution is 7.17. The van der Waals surface area contributed by atoms with Gasteiger partial charge in [0, 0.05) is 6.54 Å². The molecule has 0 spiro atoms. The standard InChI is InChI=1S/C12H18N4OS/c1-2-3-4-5-6-16-12-9(11(15)17)10(14)8(7-13)18-12/h16H,2-6,14H2,1H3,(H2,15,17). The molecule has 1 aromatic heterocycles. The largest absolute Gasteiger partial charge is 0.396 e. The molecular weight excluding hydrogens is 248 g/mol. The van der Waals surface area contributed by atoms with Crippen molar-refractivity contribution < 1.29 is 4.79 Å². The van der Waals surface area contributed by atoms with Gasteiger partial charge in [0.1, 0.15) is 15.9 Å². The molecule has 1 heterocycles. The maximum Gasteiger partial charge on any atom is 0.253 e. The number of unbranched alkanes of at least 4 members (excludes halogenated alkanes) is 3. The van der Waals surface area contributed by atoms with E-state index in [2.05, 4.69) is 12.2 Å². The van der Waals surface area contributed by atoms with E-state index in [1.165, 1.54) is 24.2 Å². The fourth-order valence-corrected chi connectivity index (χ4v) is 2.60. The Morgan fingerprint density at radius 3 is 2.72 bits per heavy atom. The first-order chi connectivity index (χ1) is 8.61. The first-order valence-corrected chi connectivity index (χ1v) is 6.79. The van der Waals surface area contributed by atoms with Crippen LogP contribution in [0, 0.1) is 11.3 Å². The number of anilines is 2. The molecule has 0 unspecified atom stereocenters. The Kier molecular flexibility index (Phi) is 5.46. The van der Waals surface area contributed by atoms with Crippen LogP contribution in [0.15, 0.2) is 0 Å². The minimum Gasteiger partial charge on any atom is -0.396 e. The van der Waals surface area contributed by atoms with E-state index in [1.807, 2.05) is 6.07 Å². The van der Waals surface area contributed by atoms with Crippen molar-refractivity contribution >= 4 is 27.9 Å². The predicted octanol–water partition coefficient (Wildman–Crippen LogP) is 2.29. The zero-order valence-corrected chi connectivity index (χ0v) is 11.3. The molecular formula is C12H18N4OS. The third-order valence-corrected chi connectivity index (χ3v) is 3.68. The Hall–Kier alpha value is -1.74. The molecule has 98 valence electrons. The Morgan fingerprint density at radius 1 is 1.44 bits per heavy atom. The number of nitriles is 1. The highest BCUT2D eigenvalue weighted by atomic mass is 32.1. The SMILES string of the molecule is CCCCCCNc1sc(C#N)c(N)c1C(N)=O. The van der Waals surface area contributed by atoms with E-state index in [9.17, 15) is 4.79 Å². The van der Waals surface area contributed by atoms with Crippen LogP contribution in [-0.4, -0.2) is 12.5 Å². The molecule has 1 aromatic rings. The summed E-state index contributed by atoms with van der Waals surface area (Å²) in [5.74, 6) is -0.596. The molecule has 0 aliphatic heterocycles. The summed E-state index contributed by atoms with van der Waals surface area (Å²) >= 11 is 1.18. The van der Waals surface area contributed by atoms with Crippen molar-refractivity contribution in [1.82, 2.24) is 0 Å². The van der Waals surface area contributed by atoms with Crippen molar-refractivity contribution in [2.75, 3.05) is 17.6 Å². The molecule has 5 N–H and O–H groups in total. The van der Waals surface area contributed by atoms with Gasteiger partial charge in [0.25, 0.3) is 5.91 Å². The molecule has 0 atom stereocenters. The topological polar surface area (TPSA) is 105 Å². The number of hydrogen-bond donors (Lipinski definition) is 3. The molecule has 0 fully saturated rings. The molecule has 0 saturated heterocycles. The van der Waals surface area contributed by atoms with Gasteiger partial charge in [0.15, 0.2) is 0 Å². The molecule has 6 heteroatoms. The van der Waals surface area contributed by atoms with Crippen molar-refractivity contribution in [2.24, 2.45) is 5.73 Å². The van der Waals surface area contributed by atoms with Crippen molar-refractivity contribution in [3.63, 3.8) is 0 Å². The van der Waals surface area contributed by atoms with E-state index in [1.54, 1.807) is 0 Å². The second-order valence-corrected chi connectivity index (χ2v) is 5.03. The van der Waals surface area contributed by atoms with Crippen LogP contribution < -0.4 is 16.8 Å². The number of carbonyl (C=O) groups excluding carboxylic acids is 1. The molecule has 1 amide bonds. The maximum atomic E-state index is 11.3. The summed E-state index contributed by atoms with van der Waals surface area (Å²) in [6.45, 7) is 2.91. The highest BCUT2D eigenvalue weighted by Crippen LogP contribution is 2.34. The van der Waals surface area contributed by atoms with E-state index >= 15 is 0 Å². The average Bonchev–Trinajstić information content (AvgIpc) is 2.65. The third kappa shape index (κ3) is 3.37. The van der Waals surface area contributed by atoms with Gasteiger partial charge >= 0.3 is 0 Å². The predicted molar refractivity (Wildman–Crippen MR) is 74.6 cm³/mol. The van der Waals surface area contributed by atoms with Crippen molar-refractivity contribution in [3.05, 3.63) is 10.4 Å². The summed E-state index contributed by atoms with van der Waals surface area (Å²) in [6, 6.07) is 1.97. The Labute approximate surface area is 111 Å². The van der Waals surface area contributed by atoms with Crippen LogP contribution in [0.5, 0.6) is 0 Å². The van der Waals surface area contributed by atoms with Gasteiger partial charge in [-0.1, -0.05) is 26.2 Å². The molecule has 0 aromatic carbocycles. The number of carbonyl (C=O) groups is 1. The smallest absolute Gasteiger partial charge is 0.253 e. The zero-order chi connectivity index (χ0) is 13.5. The summed E-state index contributed by atoms with van der Waals surface area (Å²) in [6.07, 6.45) is 4.53. The minimum atomic E-state index is -0.596. The summed E-state index contributed by atoms with van der Waals surface area (Å²) in [5, 5.41) is 12.6. The summed E-state index contributed by atoms with van der Waals surface area (Å²) in [4.78, 5) is 11.6. The van der Waals surface area contributed by atoms with Crippen LogP contribution >= 0.6 is 11.3 Å². The number of nitrogens with two attached hydrogens (primary N) is 2. The molecule has 0 bridgehead atoms. The molecule has 0 aliphatic rings. The second-order valence-electron chi connectivity index (χ2n) is 4.01. The van der Waals surface area contributed by atoms with Gasteiger partial charge in [-0.05, 0) is 6.42 Å². The van der Waals surface area contributed by atoms with E-state index < -0.39 is 5.91 Å². The lowest BCUT2D eigenvalue weighted by Crippen LogP contribution is -2.15. The lowest BCUT2D eigenvalue weighted by atomic mass is 10.2. The van der Waals surface area contributed by atoms with Crippen LogP contribution in [0.1, 0.15) is 47.8 Å². The van der Waals surface area contributed by atoms with Crippen molar-refractivity contribution in [2.45, 2.75) is 32.6 Å². The van der Waals surface area contributed by atoms with Crippen molar-refractivity contribution in [1.29, 1.82) is 5.26 Å². The van der Waals surface area contributed by atoms with Crippen LogP contribution in [-0.2, 0) is 0 Å². The first-order valence-electron chi connectivity index (χ1n) is 5.97. The van der Waals surface area contributed by atoms with Crippen LogP contribution in [0.4, 0.5) is 10.7 Å². The number of thiophene rings is 1. The lowest BCUT2D eigenvalue weighted by Gasteiger charge is -2.05. The number of nitrogens with zero attached hydrogens (tertiary/aromatic N) is 1. The number of rotatable bonds is 7. The number of hydrogen-bond acceptors (Lipinski definition) is 5. The Balaban J connectivity index is 2.70. The third-order valence-electron chi connectivity index (χ3n) is 2.61. The summed E-state index contributed by atoms with van der Waals surface area (Å²) in [7, 11) is 0. The minimum absolute atomic E-state index is 0.186. The van der Waals surface area contributed by atoms with Gasteiger partial charge in [-0.3, -0.25) is 4.79 Å². The van der Waals surface area contributed by atoms with E-state index in [-0.39, 0.29) is 11.3 Å². The van der Waals surface area contributed by atoms with Gasteiger partial charge in [-0.2, -0.15) is 5.26 Å². The molecule has 0 aliphatic carbocycles. The quantitative estimate of drug-likeness (QED) is 0.658. The van der Waals surface area contributed by atoms with Gasteiger partial charge in [-0.25, -0.2) is 0 Å². The monoisotopic (exact) mass is 266 g/mol. The summed E-state index contributed by atoms with van der Waals surface area (Å²) in [5.41, 5.74) is 11.4. The van der Waals surface area contributed by atoms with Crippen LogP contribution in [0.25, 0.3) is 0 Å². The molecule has 0 saturated carbocycles. The number of amides is 1. The molecule has 0 radical (unpaired) electrons. The molecule has 5 nitrogen and oxygen atoms in total. The van der Waals surface area contributed by atoms with E-state index in [4.69, 9.17) is 16.7 Å². The lowest BCUT2D eigenvalue weighted by molar-refractivity contribution is 0.100. The van der Waals surface area contributed by atoms with E-state index in [0.29, 0.717) is 9.88 Å². The highest BCUT2D eigenvalue weighted by Gasteiger charge is 2.19. The molecule has 18 heavy (non-hydrogen) atoms. The number of nitrogen functional groups attached to an aromatic ring is 1. The first kappa shape index (κ1) is 14.3. The summed E-state index contributed by atoms with van der Waals surface area (Å²) < 4.78 is 0. The van der Waals surface area contributed by atoms with Crippen molar-refractivity contribution in [3.8, 4) is 6.07 Å². The maximum absolute atomic E-state index is 11.3. The van der Waals surface area contributed by atoms with Crippen LogP contribution in [0.3, 0.4) is 0 Å². The normalized spacial score (nSPS) is 10.0. The van der Waals surface area contributed by atoms with E-state index in [0.717, 1.165) is 19.4 Å². The molecule has 1 rings (SSSR count). The number of primary amides is 1. The van der Waals surface area contributed by atoms with Gasteiger partial charge < -0.3 is 16.8 Å².